The molecule has 2 rings (SSSR count). The molecule has 1 aromatic heterocycles. The molecular weight excluding hydrogens is 218 g/mol. The first-order valence-electron chi connectivity index (χ1n) is 6.09. The number of nitrogens with two attached hydrogens (primary N) is 1. The lowest BCUT2D eigenvalue weighted by atomic mass is 9.69. The molecule has 0 aromatic carbocycles. The molecule has 2 N–H and O–H groups in total. The molecule has 1 aliphatic carbocycles. The van der Waals surface area contributed by atoms with E-state index in [0.717, 1.165) is 5.01 Å². The minimum absolute atomic E-state index is 0.0120. The number of nitrogens with zero attached hydrogens (tertiary/aromatic N) is 2. The summed E-state index contributed by atoms with van der Waals surface area (Å²) in [6, 6.07) is 0.0120. The minimum atomic E-state index is 0.0120. The van der Waals surface area contributed by atoms with Crippen LogP contribution in [-0.2, 0) is 0 Å². The molecule has 1 aromatic rings. The van der Waals surface area contributed by atoms with Crippen LogP contribution in [0, 0.1) is 5.41 Å². The van der Waals surface area contributed by atoms with Crippen LogP contribution in [0.3, 0.4) is 0 Å². The zero-order chi connectivity index (χ0) is 11.8. The third-order valence-electron chi connectivity index (χ3n) is 3.65. The van der Waals surface area contributed by atoms with Crippen LogP contribution in [0.25, 0.3) is 0 Å². The fourth-order valence-corrected chi connectivity index (χ4v) is 3.67. The fourth-order valence-electron chi connectivity index (χ4n) is 2.52. The van der Waals surface area contributed by atoms with Crippen molar-refractivity contribution in [1.29, 1.82) is 0 Å². The molecule has 1 heterocycles. The Morgan fingerprint density at radius 3 is 2.69 bits per heavy atom. The van der Waals surface area contributed by atoms with E-state index in [1.54, 1.807) is 11.3 Å². The van der Waals surface area contributed by atoms with Gasteiger partial charge in [0.05, 0.1) is 6.04 Å². The van der Waals surface area contributed by atoms with Crippen LogP contribution in [0.4, 0.5) is 0 Å². The molecule has 0 saturated heterocycles. The van der Waals surface area contributed by atoms with Crippen molar-refractivity contribution in [2.75, 3.05) is 0 Å². The number of aromatic nitrogens is 2. The highest BCUT2D eigenvalue weighted by Gasteiger charge is 2.35. The van der Waals surface area contributed by atoms with Gasteiger partial charge in [0.2, 0.25) is 0 Å². The summed E-state index contributed by atoms with van der Waals surface area (Å²) < 4.78 is 0. The summed E-state index contributed by atoms with van der Waals surface area (Å²) in [5.41, 5.74) is 6.20. The Hall–Kier alpha value is -0.480. The second-order valence-corrected chi connectivity index (χ2v) is 6.59. The quantitative estimate of drug-likeness (QED) is 0.862. The van der Waals surface area contributed by atoms with Crippen molar-refractivity contribution in [1.82, 2.24) is 10.2 Å². The van der Waals surface area contributed by atoms with E-state index in [0.29, 0.717) is 11.3 Å². The van der Waals surface area contributed by atoms with Gasteiger partial charge in [-0.15, -0.1) is 10.2 Å². The van der Waals surface area contributed by atoms with E-state index in [9.17, 15) is 0 Å². The molecule has 1 aliphatic rings. The largest absolute Gasteiger partial charge is 0.322 e. The normalized spacial score (nSPS) is 26.6. The molecule has 0 amide bonds. The highest BCUT2D eigenvalue weighted by molar-refractivity contribution is 7.11. The molecule has 1 saturated carbocycles. The summed E-state index contributed by atoms with van der Waals surface area (Å²) in [6.07, 6.45) is 5.22. The molecule has 0 bridgehead atoms. The van der Waals surface area contributed by atoms with E-state index in [1.807, 2.05) is 6.92 Å². The highest BCUT2D eigenvalue weighted by Crippen LogP contribution is 2.47. The maximum atomic E-state index is 5.83. The van der Waals surface area contributed by atoms with E-state index < -0.39 is 0 Å². The molecular formula is C12H21N3S. The van der Waals surface area contributed by atoms with Gasteiger partial charge in [-0.2, -0.15) is 0 Å². The predicted octanol–water partition coefficient (Wildman–Crippen LogP) is 3.24. The Balaban J connectivity index is 2.21. The SMILES string of the molecule is CC(N)c1nnc(C2CCCCC2(C)C)s1. The van der Waals surface area contributed by atoms with Gasteiger partial charge >= 0.3 is 0 Å². The Morgan fingerprint density at radius 1 is 1.38 bits per heavy atom. The van der Waals surface area contributed by atoms with Gasteiger partial charge in [-0.3, -0.25) is 0 Å². The van der Waals surface area contributed by atoms with Gasteiger partial charge in [0.1, 0.15) is 10.0 Å². The van der Waals surface area contributed by atoms with Crippen molar-refractivity contribution in [3.8, 4) is 0 Å². The van der Waals surface area contributed by atoms with Crippen LogP contribution in [-0.4, -0.2) is 10.2 Å². The highest BCUT2D eigenvalue weighted by atomic mass is 32.1. The first-order chi connectivity index (χ1) is 7.50. The van der Waals surface area contributed by atoms with Crippen molar-refractivity contribution in [3.05, 3.63) is 10.0 Å². The van der Waals surface area contributed by atoms with Crippen LogP contribution >= 0.6 is 11.3 Å². The molecule has 0 spiro atoms. The van der Waals surface area contributed by atoms with Gasteiger partial charge in [-0.05, 0) is 25.2 Å². The fraction of sp³-hybridized carbons (Fsp3) is 0.833. The van der Waals surface area contributed by atoms with Gasteiger partial charge < -0.3 is 5.73 Å². The van der Waals surface area contributed by atoms with Crippen LogP contribution in [0.15, 0.2) is 0 Å². The van der Waals surface area contributed by atoms with E-state index in [1.165, 1.54) is 30.7 Å². The van der Waals surface area contributed by atoms with Crippen molar-refractivity contribution >= 4 is 11.3 Å². The van der Waals surface area contributed by atoms with Crippen LogP contribution in [0.2, 0.25) is 0 Å². The lowest BCUT2D eigenvalue weighted by molar-refractivity contribution is 0.198. The average molecular weight is 239 g/mol. The van der Waals surface area contributed by atoms with Crippen molar-refractivity contribution < 1.29 is 0 Å². The zero-order valence-electron chi connectivity index (χ0n) is 10.4. The topological polar surface area (TPSA) is 51.8 Å². The Bertz CT molecular complexity index is 357. The van der Waals surface area contributed by atoms with Crippen molar-refractivity contribution in [2.24, 2.45) is 11.1 Å². The minimum Gasteiger partial charge on any atom is -0.322 e. The molecule has 3 nitrogen and oxygen atoms in total. The third-order valence-corrected chi connectivity index (χ3v) is 4.89. The summed E-state index contributed by atoms with van der Waals surface area (Å²) in [7, 11) is 0. The summed E-state index contributed by atoms with van der Waals surface area (Å²) in [4.78, 5) is 0. The predicted molar refractivity (Wildman–Crippen MR) is 67.5 cm³/mol. The number of hydrogen-bond donors (Lipinski definition) is 1. The zero-order valence-corrected chi connectivity index (χ0v) is 11.2. The summed E-state index contributed by atoms with van der Waals surface area (Å²) in [6.45, 7) is 6.67. The van der Waals surface area contributed by atoms with E-state index in [2.05, 4.69) is 24.0 Å². The lowest BCUT2D eigenvalue weighted by Crippen LogP contribution is -2.25. The second kappa shape index (κ2) is 4.41. The molecule has 2 unspecified atom stereocenters. The van der Waals surface area contributed by atoms with Gasteiger partial charge in [0, 0.05) is 5.92 Å². The summed E-state index contributed by atoms with van der Waals surface area (Å²) in [5.74, 6) is 0.575. The number of rotatable bonds is 2. The van der Waals surface area contributed by atoms with Crippen LogP contribution in [0.5, 0.6) is 0 Å². The Morgan fingerprint density at radius 2 is 2.12 bits per heavy atom. The number of hydrogen-bond acceptors (Lipinski definition) is 4. The molecule has 2 atom stereocenters. The van der Waals surface area contributed by atoms with Gasteiger partial charge in [0.15, 0.2) is 0 Å². The first kappa shape index (κ1) is 12.0. The Labute approximate surface area is 101 Å². The third kappa shape index (κ3) is 2.28. The summed E-state index contributed by atoms with van der Waals surface area (Å²) >= 11 is 1.70. The van der Waals surface area contributed by atoms with Crippen LogP contribution < -0.4 is 5.73 Å². The van der Waals surface area contributed by atoms with Gasteiger partial charge in [-0.1, -0.05) is 38.0 Å². The lowest BCUT2D eigenvalue weighted by Gasteiger charge is -2.37. The van der Waals surface area contributed by atoms with Gasteiger partial charge in [-0.25, -0.2) is 0 Å². The second-order valence-electron chi connectivity index (χ2n) is 5.55. The Kier molecular flexibility index (Phi) is 3.31. The monoisotopic (exact) mass is 239 g/mol. The van der Waals surface area contributed by atoms with E-state index >= 15 is 0 Å². The van der Waals surface area contributed by atoms with Crippen molar-refractivity contribution in [2.45, 2.75) is 58.4 Å². The average Bonchev–Trinajstić information content (AvgIpc) is 2.65. The summed E-state index contributed by atoms with van der Waals surface area (Å²) in [5, 5.41) is 10.7. The molecule has 0 aliphatic heterocycles. The van der Waals surface area contributed by atoms with E-state index in [-0.39, 0.29) is 6.04 Å². The van der Waals surface area contributed by atoms with Gasteiger partial charge in [0.25, 0.3) is 0 Å². The maximum absolute atomic E-state index is 5.83. The molecule has 90 valence electrons. The van der Waals surface area contributed by atoms with E-state index in [4.69, 9.17) is 5.73 Å². The maximum Gasteiger partial charge on any atom is 0.133 e. The molecule has 4 heteroatoms. The first-order valence-corrected chi connectivity index (χ1v) is 6.91. The van der Waals surface area contributed by atoms with Crippen molar-refractivity contribution in [3.63, 3.8) is 0 Å². The molecule has 16 heavy (non-hydrogen) atoms. The molecule has 1 fully saturated rings. The molecule has 0 radical (unpaired) electrons. The smallest absolute Gasteiger partial charge is 0.133 e. The van der Waals surface area contributed by atoms with Crippen LogP contribution in [0.1, 0.15) is 68.4 Å². The standard InChI is InChI=1S/C12H21N3S/c1-8(13)10-14-15-11(16-10)9-6-4-5-7-12(9,2)3/h8-9H,4-7,13H2,1-3H3.